The van der Waals surface area contributed by atoms with Gasteiger partial charge in [-0.1, -0.05) is 30.3 Å². The lowest BCUT2D eigenvalue weighted by molar-refractivity contribution is 0.200. The number of rotatable bonds is 7. The van der Waals surface area contributed by atoms with Crippen molar-refractivity contribution in [2.75, 3.05) is 38.2 Å². The van der Waals surface area contributed by atoms with Crippen LogP contribution < -0.4 is 15.2 Å². The highest BCUT2D eigenvalue weighted by Crippen LogP contribution is 2.30. The van der Waals surface area contributed by atoms with Crippen molar-refractivity contribution in [1.82, 2.24) is 30.1 Å². The number of methoxy groups -OCH3 is 1. The fraction of sp³-hybridized carbons (Fsp3) is 0.241. The second-order valence-corrected chi connectivity index (χ2v) is 9.59. The number of ether oxygens (including phenoxy) is 1. The minimum atomic E-state index is -0.464. The van der Waals surface area contributed by atoms with Crippen molar-refractivity contribution in [3.8, 4) is 5.75 Å². The van der Waals surface area contributed by atoms with Crippen LogP contribution in [-0.4, -0.2) is 63.4 Å². The first-order valence-corrected chi connectivity index (χ1v) is 12.8. The van der Waals surface area contributed by atoms with E-state index in [-0.39, 0.29) is 11.4 Å². The molecule has 5 aromatic rings. The molecule has 2 aromatic heterocycles. The monoisotopic (exact) mass is 525 g/mol. The molecule has 6 rings (SSSR count). The van der Waals surface area contributed by atoms with Crippen LogP contribution in [0.4, 0.5) is 10.1 Å². The Labute approximate surface area is 224 Å². The van der Waals surface area contributed by atoms with Crippen LogP contribution in [0.1, 0.15) is 23.0 Å². The number of anilines is 1. The molecule has 0 aliphatic carbocycles. The Morgan fingerprint density at radius 3 is 2.49 bits per heavy atom. The second-order valence-electron chi connectivity index (χ2n) is 9.59. The molecule has 3 heterocycles. The molecule has 3 aromatic carbocycles. The number of H-pyrrole nitrogens is 1. The standard InChI is InChI=1S/C29H28FN7O2/c1-39-24-12-7-21-17-25(29(38)31-26(21)18-24)27(28-32-33-34-37(28)19-20-5-3-2-4-6-20)36-15-13-35(14-16-36)23-10-8-22(30)9-11-23/h2-12,17-18,27H,13-16,19H2,1H3,(H,31,38)/t27-/m0/s1. The molecule has 198 valence electrons. The number of tetrazole rings is 1. The number of hydrogen-bond acceptors (Lipinski definition) is 7. The first-order valence-electron chi connectivity index (χ1n) is 12.8. The van der Waals surface area contributed by atoms with Crippen LogP contribution in [0.5, 0.6) is 5.75 Å². The molecule has 0 amide bonds. The number of halogens is 1. The highest BCUT2D eigenvalue weighted by atomic mass is 19.1. The van der Waals surface area contributed by atoms with E-state index in [4.69, 9.17) is 4.74 Å². The van der Waals surface area contributed by atoms with Gasteiger partial charge in [-0.3, -0.25) is 9.69 Å². The quantitative estimate of drug-likeness (QED) is 0.347. The number of piperazine rings is 1. The summed E-state index contributed by atoms with van der Waals surface area (Å²) in [7, 11) is 1.60. The summed E-state index contributed by atoms with van der Waals surface area (Å²) in [6, 6.07) is 23.6. The molecule has 1 aliphatic heterocycles. The number of nitrogens with zero attached hydrogens (tertiary/aromatic N) is 6. The predicted octanol–water partition coefficient (Wildman–Crippen LogP) is 3.62. The largest absolute Gasteiger partial charge is 0.497 e. The van der Waals surface area contributed by atoms with E-state index in [0.717, 1.165) is 16.6 Å². The molecular formula is C29H28FN7O2. The van der Waals surface area contributed by atoms with Crippen molar-refractivity contribution in [2.45, 2.75) is 12.6 Å². The Balaban J connectivity index is 1.38. The lowest BCUT2D eigenvalue weighted by atomic mass is 10.0. The first kappa shape index (κ1) is 24.7. The molecule has 1 fully saturated rings. The summed E-state index contributed by atoms with van der Waals surface area (Å²) in [5, 5.41) is 13.6. The van der Waals surface area contributed by atoms with Gasteiger partial charge in [0, 0.05) is 43.5 Å². The van der Waals surface area contributed by atoms with Gasteiger partial charge in [-0.05, 0) is 63.8 Å². The van der Waals surface area contributed by atoms with E-state index >= 15 is 0 Å². The van der Waals surface area contributed by atoms with Gasteiger partial charge in [0.15, 0.2) is 5.82 Å². The van der Waals surface area contributed by atoms with Crippen LogP contribution in [0.15, 0.2) is 83.7 Å². The Hall–Kier alpha value is -4.57. The van der Waals surface area contributed by atoms with Gasteiger partial charge in [0.05, 0.1) is 19.2 Å². The normalized spacial score (nSPS) is 15.0. The molecule has 1 aliphatic rings. The van der Waals surface area contributed by atoms with Gasteiger partial charge in [-0.15, -0.1) is 5.10 Å². The van der Waals surface area contributed by atoms with E-state index in [0.29, 0.717) is 55.4 Å². The van der Waals surface area contributed by atoms with Gasteiger partial charge in [-0.2, -0.15) is 0 Å². The molecular weight excluding hydrogens is 497 g/mol. The van der Waals surface area contributed by atoms with Gasteiger partial charge >= 0.3 is 0 Å². The summed E-state index contributed by atoms with van der Waals surface area (Å²) >= 11 is 0. The van der Waals surface area contributed by atoms with Crippen molar-refractivity contribution in [3.05, 3.63) is 112 Å². The third kappa shape index (κ3) is 5.10. The number of nitrogens with one attached hydrogen (secondary N) is 1. The van der Waals surface area contributed by atoms with Crippen LogP contribution in [0, 0.1) is 5.82 Å². The van der Waals surface area contributed by atoms with Gasteiger partial charge in [0.1, 0.15) is 17.6 Å². The fourth-order valence-corrected chi connectivity index (χ4v) is 5.19. The lowest BCUT2D eigenvalue weighted by Gasteiger charge is -2.39. The van der Waals surface area contributed by atoms with Crippen LogP contribution in [0.3, 0.4) is 0 Å². The van der Waals surface area contributed by atoms with Crippen molar-refractivity contribution in [1.29, 1.82) is 0 Å². The van der Waals surface area contributed by atoms with E-state index < -0.39 is 6.04 Å². The molecule has 1 saturated heterocycles. The number of benzene rings is 3. The van der Waals surface area contributed by atoms with Gasteiger partial charge in [-0.25, -0.2) is 9.07 Å². The van der Waals surface area contributed by atoms with E-state index in [1.165, 1.54) is 12.1 Å². The second kappa shape index (κ2) is 10.7. The summed E-state index contributed by atoms with van der Waals surface area (Å²) in [6.07, 6.45) is 0. The topological polar surface area (TPSA) is 92.2 Å². The van der Waals surface area contributed by atoms with Crippen molar-refractivity contribution >= 4 is 16.6 Å². The molecule has 0 radical (unpaired) electrons. The maximum absolute atomic E-state index is 13.6. The zero-order valence-electron chi connectivity index (χ0n) is 21.5. The summed E-state index contributed by atoms with van der Waals surface area (Å²) in [5.74, 6) is 1.02. The molecule has 1 atom stereocenters. The van der Waals surface area contributed by atoms with Crippen molar-refractivity contribution in [2.24, 2.45) is 0 Å². The fourth-order valence-electron chi connectivity index (χ4n) is 5.19. The van der Waals surface area contributed by atoms with Gasteiger partial charge in [0.2, 0.25) is 0 Å². The molecule has 0 saturated carbocycles. The number of aromatic amines is 1. The van der Waals surface area contributed by atoms with Crippen LogP contribution in [0.2, 0.25) is 0 Å². The minimum absolute atomic E-state index is 0.198. The summed E-state index contributed by atoms with van der Waals surface area (Å²) in [6.45, 7) is 3.24. The molecule has 0 bridgehead atoms. The average Bonchev–Trinajstić information content (AvgIpc) is 3.42. The maximum atomic E-state index is 13.6. The molecule has 0 spiro atoms. The number of pyridine rings is 1. The van der Waals surface area contributed by atoms with Crippen LogP contribution in [-0.2, 0) is 6.54 Å². The molecule has 1 N–H and O–H groups in total. The Morgan fingerprint density at radius 2 is 1.74 bits per heavy atom. The Bertz CT molecular complexity index is 1630. The Morgan fingerprint density at radius 1 is 0.974 bits per heavy atom. The molecule has 10 heteroatoms. The molecule has 9 nitrogen and oxygen atoms in total. The van der Waals surface area contributed by atoms with Crippen LogP contribution in [0.25, 0.3) is 10.9 Å². The number of aromatic nitrogens is 5. The van der Waals surface area contributed by atoms with E-state index in [1.54, 1.807) is 23.9 Å². The summed E-state index contributed by atoms with van der Waals surface area (Å²) in [5.41, 5.74) is 3.11. The van der Waals surface area contributed by atoms with Crippen molar-refractivity contribution in [3.63, 3.8) is 0 Å². The third-order valence-corrected chi connectivity index (χ3v) is 7.23. The zero-order valence-corrected chi connectivity index (χ0v) is 21.5. The van der Waals surface area contributed by atoms with E-state index in [9.17, 15) is 9.18 Å². The van der Waals surface area contributed by atoms with Crippen molar-refractivity contribution < 1.29 is 9.13 Å². The zero-order chi connectivity index (χ0) is 26.8. The summed E-state index contributed by atoms with van der Waals surface area (Å²) < 4.78 is 20.6. The highest BCUT2D eigenvalue weighted by molar-refractivity contribution is 5.80. The van der Waals surface area contributed by atoms with Gasteiger partial charge < -0.3 is 14.6 Å². The molecule has 0 unspecified atom stereocenters. The number of fused-ring (bicyclic) bond motifs is 1. The smallest absolute Gasteiger partial charge is 0.253 e. The first-order chi connectivity index (χ1) is 19.1. The van der Waals surface area contributed by atoms with E-state index in [2.05, 4.69) is 30.3 Å². The molecule has 39 heavy (non-hydrogen) atoms. The number of hydrogen-bond donors (Lipinski definition) is 1. The maximum Gasteiger partial charge on any atom is 0.253 e. The van der Waals surface area contributed by atoms with Gasteiger partial charge in [0.25, 0.3) is 5.56 Å². The average molecular weight is 526 g/mol. The van der Waals surface area contributed by atoms with E-state index in [1.807, 2.05) is 54.6 Å². The third-order valence-electron chi connectivity index (χ3n) is 7.23. The van der Waals surface area contributed by atoms with Crippen LogP contribution >= 0.6 is 0 Å². The predicted molar refractivity (Wildman–Crippen MR) is 147 cm³/mol. The lowest BCUT2D eigenvalue weighted by Crippen LogP contribution is -2.49. The Kier molecular flexibility index (Phi) is 6.76. The highest BCUT2D eigenvalue weighted by Gasteiger charge is 2.33. The minimum Gasteiger partial charge on any atom is -0.497 e. The summed E-state index contributed by atoms with van der Waals surface area (Å²) in [4.78, 5) is 21.1. The SMILES string of the molecule is COc1ccc2cc([C@@H](c3nnnn3Cc3ccccc3)N3CCN(c4ccc(F)cc4)CC3)c(=O)[nH]c2c1.